The van der Waals surface area contributed by atoms with Crippen LogP contribution in [0, 0.1) is 0 Å². The number of hydrogen-bond donors (Lipinski definition) is 2. The lowest BCUT2D eigenvalue weighted by atomic mass is 10.2. The van der Waals surface area contributed by atoms with E-state index in [0.29, 0.717) is 12.4 Å². The van der Waals surface area contributed by atoms with Crippen LogP contribution in [0.25, 0.3) is 0 Å². The third kappa shape index (κ3) is 4.33. The van der Waals surface area contributed by atoms with Crippen LogP contribution < -0.4 is 11.5 Å². The second-order valence-electron chi connectivity index (χ2n) is 2.18. The molecule has 66 valence electrons. The first-order valence-electron chi connectivity index (χ1n) is 3.71. The van der Waals surface area contributed by atoms with Gasteiger partial charge in [-0.25, -0.2) is 0 Å². The zero-order valence-electron chi connectivity index (χ0n) is 7.33. The van der Waals surface area contributed by atoms with E-state index in [4.69, 9.17) is 11.5 Å². The molecule has 0 aromatic rings. The Hall–Kier alpha value is -1.51. The Bertz CT molecular complexity index is 224. The van der Waals surface area contributed by atoms with Crippen molar-refractivity contribution in [2.75, 3.05) is 6.54 Å². The number of nitrogens with two attached hydrogens (primary N) is 2. The Balaban J connectivity index is 4.08. The average Bonchev–Trinajstić information content (AvgIpc) is 2.05. The van der Waals surface area contributed by atoms with Gasteiger partial charge in [0.15, 0.2) is 0 Å². The summed E-state index contributed by atoms with van der Waals surface area (Å²) in [5.74, 6) is 0.450. The Morgan fingerprint density at radius 1 is 1.58 bits per heavy atom. The highest BCUT2D eigenvalue weighted by Crippen LogP contribution is 1.92. The summed E-state index contributed by atoms with van der Waals surface area (Å²) in [7, 11) is 0. The first kappa shape index (κ1) is 10.5. The van der Waals surface area contributed by atoms with Crippen molar-refractivity contribution >= 4 is 5.84 Å². The molecule has 0 spiro atoms. The van der Waals surface area contributed by atoms with Crippen molar-refractivity contribution in [1.29, 1.82) is 0 Å². The third-order valence-electron chi connectivity index (χ3n) is 1.20. The average molecular weight is 165 g/mol. The van der Waals surface area contributed by atoms with Crippen LogP contribution in [0.4, 0.5) is 0 Å². The zero-order valence-corrected chi connectivity index (χ0v) is 7.33. The molecule has 0 bridgehead atoms. The predicted molar refractivity (Wildman–Crippen MR) is 53.8 cm³/mol. The van der Waals surface area contributed by atoms with Gasteiger partial charge in [0, 0.05) is 5.57 Å². The summed E-state index contributed by atoms with van der Waals surface area (Å²) in [5.41, 5.74) is 11.4. The minimum atomic E-state index is 0.450. The van der Waals surface area contributed by atoms with Gasteiger partial charge in [-0.3, -0.25) is 4.99 Å². The molecule has 12 heavy (non-hydrogen) atoms. The molecule has 0 aromatic heterocycles. The van der Waals surface area contributed by atoms with Crippen LogP contribution in [0.5, 0.6) is 0 Å². The molecule has 4 N–H and O–H groups in total. The Morgan fingerprint density at radius 2 is 2.25 bits per heavy atom. The quantitative estimate of drug-likeness (QED) is 0.370. The lowest BCUT2D eigenvalue weighted by Crippen LogP contribution is -2.13. The fourth-order valence-corrected chi connectivity index (χ4v) is 0.600. The smallest absolute Gasteiger partial charge is 0.125 e. The van der Waals surface area contributed by atoms with Crippen molar-refractivity contribution in [3.8, 4) is 0 Å². The monoisotopic (exact) mass is 165 g/mol. The van der Waals surface area contributed by atoms with E-state index in [1.807, 2.05) is 19.1 Å². The molecule has 0 aliphatic carbocycles. The summed E-state index contributed by atoms with van der Waals surface area (Å²) < 4.78 is 0. The molecule has 0 aliphatic rings. The summed E-state index contributed by atoms with van der Waals surface area (Å²) in [4.78, 5) is 4.01. The molecule has 0 saturated carbocycles. The summed E-state index contributed by atoms with van der Waals surface area (Å²) in [6.07, 6.45) is 6.83. The highest BCUT2D eigenvalue weighted by Gasteiger charge is 1.91. The molecule has 0 saturated heterocycles. The van der Waals surface area contributed by atoms with E-state index < -0.39 is 0 Å². The summed E-state index contributed by atoms with van der Waals surface area (Å²) in [6, 6.07) is 0. The van der Waals surface area contributed by atoms with Gasteiger partial charge in [-0.05, 0) is 19.2 Å². The molecule has 3 nitrogen and oxygen atoms in total. The SMILES string of the molecule is C=C(/C=C\C)C(N)=NC/C=C/N. The van der Waals surface area contributed by atoms with Crippen LogP contribution in [0.2, 0.25) is 0 Å². The normalized spacial score (nSPS) is 12.9. The number of aliphatic imine (C=N–C) groups is 1. The predicted octanol–water partition coefficient (Wildman–Crippen LogP) is 0.948. The number of nitrogens with zero attached hydrogens (tertiary/aromatic N) is 1. The molecule has 0 rings (SSSR count). The maximum atomic E-state index is 5.57. The van der Waals surface area contributed by atoms with E-state index in [2.05, 4.69) is 11.6 Å². The van der Waals surface area contributed by atoms with Crippen LogP contribution in [0.3, 0.4) is 0 Å². The molecule has 0 fully saturated rings. The van der Waals surface area contributed by atoms with Gasteiger partial charge >= 0.3 is 0 Å². The summed E-state index contributed by atoms with van der Waals surface area (Å²) in [6.45, 7) is 6.13. The van der Waals surface area contributed by atoms with Gasteiger partial charge in [-0.2, -0.15) is 0 Å². The van der Waals surface area contributed by atoms with E-state index in [-0.39, 0.29) is 0 Å². The number of hydrogen-bond acceptors (Lipinski definition) is 2. The van der Waals surface area contributed by atoms with Gasteiger partial charge < -0.3 is 11.5 Å². The van der Waals surface area contributed by atoms with Gasteiger partial charge in [-0.1, -0.05) is 18.7 Å². The second kappa shape index (κ2) is 6.22. The van der Waals surface area contributed by atoms with E-state index in [1.165, 1.54) is 6.20 Å². The van der Waals surface area contributed by atoms with E-state index in [9.17, 15) is 0 Å². The van der Waals surface area contributed by atoms with Crippen LogP contribution in [-0.2, 0) is 0 Å². The maximum Gasteiger partial charge on any atom is 0.125 e. The minimum Gasteiger partial charge on any atom is -0.405 e. The van der Waals surface area contributed by atoms with Crippen LogP contribution >= 0.6 is 0 Å². The largest absolute Gasteiger partial charge is 0.405 e. The standard InChI is InChI=1S/C9H15N3/c1-3-5-8(2)9(11)12-7-4-6-10/h3-6H,2,7,10H2,1H3,(H2,11,12)/b5-3-,6-4+. The van der Waals surface area contributed by atoms with Crippen molar-refractivity contribution in [3.05, 3.63) is 36.6 Å². The molecule has 0 aliphatic heterocycles. The van der Waals surface area contributed by atoms with Crippen molar-refractivity contribution in [1.82, 2.24) is 0 Å². The Labute approximate surface area is 73.2 Å². The topological polar surface area (TPSA) is 64.4 Å². The Kier molecular flexibility index (Phi) is 5.43. The molecule has 0 radical (unpaired) electrons. The van der Waals surface area contributed by atoms with Crippen LogP contribution in [-0.4, -0.2) is 12.4 Å². The van der Waals surface area contributed by atoms with Gasteiger partial charge in [0.2, 0.25) is 0 Å². The van der Waals surface area contributed by atoms with Gasteiger partial charge in [0.1, 0.15) is 5.84 Å². The molecule has 0 heterocycles. The van der Waals surface area contributed by atoms with Gasteiger partial charge in [0.25, 0.3) is 0 Å². The van der Waals surface area contributed by atoms with Crippen molar-refractivity contribution in [3.63, 3.8) is 0 Å². The zero-order chi connectivity index (χ0) is 9.40. The molecule has 0 unspecified atom stereocenters. The highest BCUT2D eigenvalue weighted by atomic mass is 14.8. The molecule has 0 amide bonds. The second-order valence-corrected chi connectivity index (χ2v) is 2.18. The van der Waals surface area contributed by atoms with Gasteiger partial charge in [0.05, 0.1) is 6.54 Å². The van der Waals surface area contributed by atoms with Gasteiger partial charge in [-0.15, -0.1) is 0 Å². The lowest BCUT2D eigenvalue weighted by molar-refractivity contribution is 1.22. The van der Waals surface area contributed by atoms with E-state index in [0.717, 1.165) is 5.57 Å². The number of rotatable bonds is 4. The molecule has 0 atom stereocenters. The first-order valence-corrected chi connectivity index (χ1v) is 3.71. The number of allylic oxidation sites excluding steroid dienone is 1. The molecule has 3 heteroatoms. The third-order valence-corrected chi connectivity index (χ3v) is 1.20. The van der Waals surface area contributed by atoms with E-state index in [1.54, 1.807) is 6.08 Å². The molecular formula is C9H15N3. The summed E-state index contributed by atoms with van der Waals surface area (Å²) in [5, 5.41) is 0. The van der Waals surface area contributed by atoms with E-state index >= 15 is 0 Å². The lowest BCUT2D eigenvalue weighted by Gasteiger charge is -1.96. The van der Waals surface area contributed by atoms with Crippen molar-refractivity contribution in [2.24, 2.45) is 16.5 Å². The Morgan fingerprint density at radius 3 is 2.75 bits per heavy atom. The van der Waals surface area contributed by atoms with Crippen LogP contribution in [0.1, 0.15) is 6.92 Å². The molecule has 0 aromatic carbocycles. The highest BCUT2D eigenvalue weighted by molar-refractivity contribution is 5.98. The first-order chi connectivity index (χ1) is 5.72. The summed E-state index contributed by atoms with van der Waals surface area (Å²) >= 11 is 0. The number of amidine groups is 1. The fourth-order valence-electron chi connectivity index (χ4n) is 0.600. The maximum absolute atomic E-state index is 5.57. The van der Waals surface area contributed by atoms with Crippen molar-refractivity contribution in [2.45, 2.75) is 6.92 Å². The fraction of sp³-hybridized carbons (Fsp3) is 0.222. The van der Waals surface area contributed by atoms with Crippen molar-refractivity contribution < 1.29 is 0 Å². The molecular weight excluding hydrogens is 150 g/mol. The minimum absolute atomic E-state index is 0.450. The van der Waals surface area contributed by atoms with Crippen LogP contribution in [0.15, 0.2) is 41.6 Å².